The van der Waals surface area contributed by atoms with Crippen molar-refractivity contribution >= 4 is 17.2 Å². The highest BCUT2D eigenvalue weighted by Gasteiger charge is 2.26. The van der Waals surface area contributed by atoms with Crippen LogP contribution in [0.5, 0.6) is 0 Å². The van der Waals surface area contributed by atoms with E-state index in [-0.39, 0.29) is 5.41 Å². The molecule has 0 unspecified atom stereocenters. The summed E-state index contributed by atoms with van der Waals surface area (Å²) in [6, 6.07) is 0. The second-order valence-electron chi connectivity index (χ2n) is 7.44. The van der Waals surface area contributed by atoms with Crippen LogP contribution in [0.2, 0.25) is 0 Å². The molecule has 0 amide bonds. The Morgan fingerprint density at radius 3 is 2.38 bits per heavy atom. The van der Waals surface area contributed by atoms with Gasteiger partial charge in [0.2, 0.25) is 0 Å². The van der Waals surface area contributed by atoms with Gasteiger partial charge in [-0.2, -0.15) is 0 Å². The first-order valence-corrected chi connectivity index (χ1v) is 7.79. The van der Waals surface area contributed by atoms with E-state index in [4.69, 9.17) is 0 Å². The number of nitrogens with one attached hydrogen (secondary N) is 1. The third-order valence-electron chi connectivity index (χ3n) is 4.50. The minimum Gasteiger partial charge on any atom is -0.358 e. The fourth-order valence-electron chi connectivity index (χ4n) is 3.34. The summed E-state index contributed by atoms with van der Waals surface area (Å²) < 4.78 is 0. The minimum absolute atomic E-state index is 0.229. The zero-order valence-electron chi connectivity index (χ0n) is 14.0. The zero-order valence-corrected chi connectivity index (χ0v) is 14.0. The number of hydrogen-bond acceptors (Lipinski definition) is 0. The fraction of sp³-hybridized carbons (Fsp3) is 0.400. The van der Waals surface area contributed by atoms with Crippen LogP contribution < -0.4 is 0 Å². The molecule has 1 heterocycles. The summed E-state index contributed by atoms with van der Waals surface area (Å²) in [5.74, 6) is 0. The van der Waals surface area contributed by atoms with Gasteiger partial charge in [0.05, 0.1) is 0 Å². The van der Waals surface area contributed by atoms with Gasteiger partial charge < -0.3 is 4.98 Å². The maximum Gasteiger partial charge on any atom is 0.0468 e. The summed E-state index contributed by atoms with van der Waals surface area (Å²) in [5, 5.41) is 0. The molecule has 0 aromatic carbocycles. The Hall–Kier alpha value is -1.76. The molecule has 1 N–H and O–H groups in total. The van der Waals surface area contributed by atoms with Crippen LogP contribution in [-0.4, -0.2) is 4.98 Å². The quantitative estimate of drug-likeness (QED) is 0.658. The molecule has 3 rings (SSSR count). The van der Waals surface area contributed by atoms with Crippen molar-refractivity contribution in [2.75, 3.05) is 0 Å². The fourth-order valence-corrected chi connectivity index (χ4v) is 3.34. The highest BCUT2D eigenvalue weighted by atomic mass is 14.7. The van der Waals surface area contributed by atoms with Crippen LogP contribution in [-0.2, 0) is 0 Å². The van der Waals surface area contributed by atoms with E-state index >= 15 is 0 Å². The molecule has 0 bridgehead atoms. The van der Waals surface area contributed by atoms with Gasteiger partial charge in [-0.1, -0.05) is 44.6 Å². The van der Waals surface area contributed by atoms with Gasteiger partial charge in [-0.15, -0.1) is 0 Å². The van der Waals surface area contributed by atoms with Gasteiger partial charge in [-0.05, 0) is 55.4 Å². The van der Waals surface area contributed by atoms with Gasteiger partial charge in [0.1, 0.15) is 0 Å². The molecule has 1 aromatic rings. The zero-order chi connectivity index (χ0) is 15.4. The molecule has 0 spiro atoms. The molecule has 1 heteroatoms. The first-order valence-electron chi connectivity index (χ1n) is 7.79. The molecular weight excluding hydrogens is 254 g/mol. The molecule has 2 aliphatic rings. The average Bonchev–Trinajstić information content (AvgIpc) is 3.00. The summed E-state index contributed by atoms with van der Waals surface area (Å²) in [5.41, 5.74) is 11.3. The molecule has 1 nitrogen and oxygen atoms in total. The number of rotatable bonds is 1. The van der Waals surface area contributed by atoms with Crippen molar-refractivity contribution in [3.8, 4) is 0 Å². The van der Waals surface area contributed by atoms with Crippen LogP contribution in [0.15, 0.2) is 29.4 Å². The third-order valence-corrected chi connectivity index (χ3v) is 4.50. The Morgan fingerprint density at radius 2 is 1.81 bits per heavy atom. The van der Waals surface area contributed by atoms with Crippen LogP contribution in [0.1, 0.15) is 63.6 Å². The van der Waals surface area contributed by atoms with Crippen molar-refractivity contribution in [3.05, 3.63) is 51.9 Å². The molecule has 21 heavy (non-hydrogen) atoms. The minimum atomic E-state index is 0.229. The summed E-state index contributed by atoms with van der Waals surface area (Å²) >= 11 is 0. The second kappa shape index (κ2) is 4.62. The number of allylic oxidation sites excluding steroid dienone is 7. The standard InChI is InChI=1S/C20H25N/c1-12(2)16-9-10-17-19(16)18(13(3)21-17)14-7-8-15(11-14)20(4,5)6/h8-11,21H,7H2,1-6H3. The van der Waals surface area contributed by atoms with Crippen LogP contribution in [0.25, 0.3) is 17.2 Å². The van der Waals surface area contributed by atoms with E-state index in [9.17, 15) is 0 Å². The van der Waals surface area contributed by atoms with Gasteiger partial charge in [0.15, 0.2) is 0 Å². The number of aryl methyl sites for hydroxylation is 1. The molecule has 0 radical (unpaired) electrons. The van der Waals surface area contributed by atoms with E-state index in [2.05, 4.69) is 70.8 Å². The predicted octanol–water partition coefficient (Wildman–Crippen LogP) is 5.90. The smallest absolute Gasteiger partial charge is 0.0468 e. The number of aromatic amines is 1. The molecule has 0 saturated heterocycles. The summed E-state index contributed by atoms with van der Waals surface area (Å²) in [7, 11) is 0. The molecule has 0 saturated carbocycles. The van der Waals surface area contributed by atoms with E-state index in [1.165, 1.54) is 44.8 Å². The van der Waals surface area contributed by atoms with Crippen molar-refractivity contribution in [1.29, 1.82) is 0 Å². The van der Waals surface area contributed by atoms with Crippen molar-refractivity contribution in [1.82, 2.24) is 4.98 Å². The Kier molecular flexibility index (Phi) is 3.12. The van der Waals surface area contributed by atoms with Crippen molar-refractivity contribution in [2.45, 2.75) is 48.0 Å². The number of hydrogen-bond donors (Lipinski definition) is 1. The lowest BCUT2D eigenvalue weighted by Crippen LogP contribution is -2.05. The topological polar surface area (TPSA) is 15.8 Å². The first kappa shape index (κ1) is 14.2. The summed E-state index contributed by atoms with van der Waals surface area (Å²) in [6.45, 7) is 13.5. The lowest BCUT2D eigenvalue weighted by molar-refractivity contribution is 0.518. The normalized spacial score (nSPS) is 17.1. The third kappa shape index (κ3) is 2.25. The Labute approximate surface area is 128 Å². The molecule has 0 fully saturated rings. The van der Waals surface area contributed by atoms with Crippen LogP contribution in [0, 0.1) is 12.3 Å². The summed E-state index contributed by atoms with van der Waals surface area (Å²) in [6.07, 6.45) is 10.3. The first-order chi connectivity index (χ1) is 9.79. The van der Waals surface area contributed by atoms with E-state index in [1.807, 2.05) is 0 Å². The second-order valence-corrected chi connectivity index (χ2v) is 7.44. The SMILES string of the molecule is CC(C)=C1C=Cc2[nH]c(C)c(C3=CC(C(C)(C)C)=CC3)c21. The van der Waals surface area contributed by atoms with Crippen molar-refractivity contribution in [3.63, 3.8) is 0 Å². The molecular formula is C20H25N. The van der Waals surface area contributed by atoms with Gasteiger partial charge >= 0.3 is 0 Å². The van der Waals surface area contributed by atoms with Crippen LogP contribution >= 0.6 is 0 Å². The lowest BCUT2D eigenvalue weighted by Gasteiger charge is -2.18. The molecule has 1 aromatic heterocycles. The number of aromatic nitrogens is 1. The average molecular weight is 279 g/mol. The lowest BCUT2D eigenvalue weighted by atomic mass is 9.87. The number of H-pyrrole nitrogens is 1. The van der Waals surface area contributed by atoms with Gasteiger partial charge in [-0.3, -0.25) is 0 Å². The van der Waals surface area contributed by atoms with E-state index < -0.39 is 0 Å². The monoisotopic (exact) mass is 279 g/mol. The summed E-state index contributed by atoms with van der Waals surface area (Å²) in [4.78, 5) is 3.56. The highest BCUT2D eigenvalue weighted by molar-refractivity contribution is 5.97. The molecule has 0 atom stereocenters. The number of fused-ring (bicyclic) bond motifs is 1. The Balaban J connectivity index is 2.11. The van der Waals surface area contributed by atoms with Crippen LogP contribution in [0.3, 0.4) is 0 Å². The van der Waals surface area contributed by atoms with Gasteiger partial charge in [0, 0.05) is 22.5 Å². The predicted molar refractivity (Wildman–Crippen MR) is 93.0 cm³/mol. The van der Waals surface area contributed by atoms with Gasteiger partial charge in [-0.25, -0.2) is 0 Å². The van der Waals surface area contributed by atoms with Crippen molar-refractivity contribution in [2.24, 2.45) is 5.41 Å². The Bertz CT molecular complexity index is 721. The van der Waals surface area contributed by atoms with Gasteiger partial charge in [0.25, 0.3) is 0 Å². The molecule has 0 aliphatic heterocycles. The Morgan fingerprint density at radius 1 is 1.10 bits per heavy atom. The van der Waals surface area contributed by atoms with E-state index in [1.54, 1.807) is 0 Å². The maximum atomic E-state index is 3.56. The maximum absolute atomic E-state index is 3.56. The van der Waals surface area contributed by atoms with E-state index in [0.717, 1.165) is 6.42 Å². The van der Waals surface area contributed by atoms with Crippen LogP contribution in [0.4, 0.5) is 0 Å². The largest absolute Gasteiger partial charge is 0.358 e. The van der Waals surface area contributed by atoms with E-state index in [0.29, 0.717) is 0 Å². The molecule has 110 valence electrons. The van der Waals surface area contributed by atoms with Crippen molar-refractivity contribution < 1.29 is 0 Å². The highest BCUT2D eigenvalue weighted by Crippen LogP contribution is 2.43. The molecule has 2 aliphatic carbocycles.